The van der Waals surface area contributed by atoms with Crippen LogP contribution < -0.4 is 15.1 Å². The van der Waals surface area contributed by atoms with Crippen molar-refractivity contribution in [2.24, 2.45) is 0 Å². The van der Waals surface area contributed by atoms with E-state index in [1.807, 2.05) is 4.90 Å². The first kappa shape index (κ1) is 24.1. The molecule has 0 bridgehead atoms. The number of nitrogens with zero attached hydrogens (tertiary/aromatic N) is 3. The van der Waals surface area contributed by atoms with Gasteiger partial charge in [0.2, 0.25) is 11.8 Å². The van der Waals surface area contributed by atoms with Crippen LogP contribution in [-0.2, 0) is 14.3 Å². The van der Waals surface area contributed by atoms with Crippen molar-refractivity contribution in [1.82, 2.24) is 10.2 Å². The van der Waals surface area contributed by atoms with Gasteiger partial charge in [0.05, 0.1) is 24.5 Å². The van der Waals surface area contributed by atoms with E-state index in [1.165, 1.54) is 24.0 Å². The van der Waals surface area contributed by atoms with Crippen molar-refractivity contribution in [2.45, 2.75) is 13.0 Å². The zero-order chi connectivity index (χ0) is 24.9. The molecule has 2 heterocycles. The summed E-state index contributed by atoms with van der Waals surface area (Å²) in [6.45, 7) is 3.64. The van der Waals surface area contributed by atoms with Crippen molar-refractivity contribution < 1.29 is 28.6 Å². The summed E-state index contributed by atoms with van der Waals surface area (Å²) in [6, 6.07) is 11.1. The standard InChI is InChI=1S/C25H27FN4O5/c1-17(31)27-15-21-16-30(25(34)35-21)19-5-8-23(22(26)14-19)28-10-12-29(13-11-28)24(33)9-4-18-2-6-20(32)7-3-18/h2-9,14,21,32H,10-13,15-16H2,1H3,(H,27,31)/t21-/m0/s1. The van der Waals surface area contributed by atoms with Crippen molar-refractivity contribution in [3.63, 3.8) is 0 Å². The Balaban J connectivity index is 1.33. The van der Waals surface area contributed by atoms with Gasteiger partial charge >= 0.3 is 6.09 Å². The largest absolute Gasteiger partial charge is 0.508 e. The van der Waals surface area contributed by atoms with E-state index in [9.17, 15) is 23.9 Å². The van der Waals surface area contributed by atoms with Crippen LogP contribution in [0, 0.1) is 5.82 Å². The van der Waals surface area contributed by atoms with Crippen molar-refractivity contribution in [2.75, 3.05) is 49.1 Å². The smallest absolute Gasteiger partial charge is 0.414 e. The molecule has 1 atom stereocenters. The first-order valence-corrected chi connectivity index (χ1v) is 11.3. The molecule has 2 aromatic carbocycles. The van der Waals surface area contributed by atoms with Crippen molar-refractivity contribution in [1.29, 1.82) is 0 Å². The lowest BCUT2D eigenvalue weighted by Gasteiger charge is -2.36. The number of piperazine rings is 1. The SMILES string of the molecule is CC(=O)NC[C@H]1CN(c2ccc(N3CCN(C(=O)C=Cc4ccc(O)cc4)CC3)c(F)c2)C(=O)O1. The van der Waals surface area contributed by atoms with Gasteiger partial charge in [-0.15, -0.1) is 0 Å². The fourth-order valence-electron chi connectivity index (χ4n) is 4.04. The summed E-state index contributed by atoms with van der Waals surface area (Å²) in [4.78, 5) is 40.7. The first-order chi connectivity index (χ1) is 16.8. The number of amides is 3. The molecule has 2 aliphatic rings. The fourth-order valence-corrected chi connectivity index (χ4v) is 4.04. The molecule has 184 valence electrons. The van der Waals surface area contributed by atoms with E-state index in [-0.39, 0.29) is 30.7 Å². The normalized spacial score (nSPS) is 18.2. The van der Waals surface area contributed by atoms with E-state index in [0.29, 0.717) is 37.6 Å². The van der Waals surface area contributed by atoms with Crippen LogP contribution in [0.25, 0.3) is 6.08 Å². The molecule has 2 aliphatic heterocycles. The van der Waals surface area contributed by atoms with Gasteiger partial charge in [0, 0.05) is 39.2 Å². The van der Waals surface area contributed by atoms with Gasteiger partial charge in [-0.3, -0.25) is 14.5 Å². The molecule has 2 fully saturated rings. The number of phenols is 1. The highest BCUT2D eigenvalue weighted by atomic mass is 19.1. The molecule has 0 spiro atoms. The van der Waals surface area contributed by atoms with Crippen molar-refractivity contribution >= 4 is 35.4 Å². The number of carbonyl (C=O) groups is 3. The predicted octanol–water partition coefficient (Wildman–Crippen LogP) is 2.35. The Bertz CT molecular complexity index is 1130. The summed E-state index contributed by atoms with van der Waals surface area (Å²) in [5.41, 5.74) is 1.60. The number of carbonyl (C=O) groups excluding carboxylic acids is 3. The molecular weight excluding hydrogens is 455 g/mol. The molecule has 35 heavy (non-hydrogen) atoms. The third kappa shape index (κ3) is 5.89. The molecule has 2 N–H and O–H groups in total. The van der Waals surface area contributed by atoms with Crippen LogP contribution in [0.15, 0.2) is 48.5 Å². The third-order valence-corrected chi connectivity index (χ3v) is 5.94. The number of benzene rings is 2. The number of aromatic hydroxyl groups is 1. The van der Waals surface area contributed by atoms with Gasteiger partial charge < -0.3 is 25.0 Å². The minimum Gasteiger partial charge on any atom is -0.508 e. The summed E-state index contributed by atoms with van der Waals surface area (Å²) in [5.74, 6) is -0.649. The molecule has 0 aromatic heterocycles. The van der Waals surface area contributed by atoms with Gasteiger partial charge in [-0.2, -0.15) is 0 Å². The lowest BCUT2D eigenvalue weighted by atomic mass is 10.2. The minimum absolute atomic E-state index is 0.130. The van der Waals surface area contributed by atoms with E-state index < -0.39 is 18.0 Å². The zero-order valence-electron chi connectivity index (χ0n) is 19.3. The van der Waals surface area contributed by atoms with Crippen LogP contribution in [0.5, 0.6) is 5.75 Å². The number of ether oxygens (including phenoxy) is 1. The number of hydrogen-bond donors (Lipinski definition) is 2. The van der Waals surface area contributed by atoms with Gasteiger partial charge in [-0.25, -0.2) is 9.18 Å². The number of rotatable bonds is 6. The molecule has 10 heteroatoms. The number of cyclic esters (lactones) is 1. The number of nitrogens with one attached hydrogen (secondary N) is 1. The molecule has 4 rings (SSSR count). The Morgan fingerprint density at radius 2 is 1.86 bits per heavy atom. The van der Waals surface area contributed by atoms with Crippen LogP contribution in [0.4, 0.5) is 20.6 Å². The quantitative estimate of drug-likeness (QED) is 0.613. The topological polar surface area (TPSA) is 102 Å². The highest BCUT2D eigenvalue weighted by Crippen LogP contribution is 2.28. The van der Waals surface area contributed by atoms with Gasteiger partial charge in [0.25, 0.3) is 0 Å². The van der Waals surface area contributed by atoms with Gasteiger partial charge in [0.15, 0.2) is 0 Å². The number of phenolic OH excluding ortho intramolecular Hbond substituents is 1. The molecule has 9 nitrogen and oxygen atoms in total. The monoisotopic (exact) mass is 482 g/mol. The highest BCUT2D eigenvalue weighted by Gasteiger charge is 2.33. The van der Waals surface area contributed by atoms with Crippen LogP contribution in [0.2, 0.25) is 0 Å². The average molecular weight is 483 g/mol. The molecule has 3 amide bonds. The molecule has 2 saturated heterocycles. The Labute approximate surface area is 202 Å². The second-order valence-corrected chi connectivity index (χ2v) is 8.43. The Hall–Kier alpha value is -4.08. The average Bonchev–Trinajstić information content (AvgIpc) is 3.22. The minimum atomic E-state index is -0.583. The van der Waals surface area contributed by atoms with Crippen LogP contribution in [0.1, 0.15) is 12.5 Å². The van der Waals surface area contributed by atoms with E-state index in [4.69, 9.17) is 4.74 Å². The third-order valence-electron chi connectivity index (χ3n) is 5.94. The summed E-state index contributed by atoms with van der Waals surface area (Å²) < 4.78 is 20.2. The second kappa shape index (κ2) is 10.5. The summed E-state index contributed by atoms with van der Waals surface area (Å²) in [5, 5.41) is 11.9. The molecule has 0 radical (unpaired) electrons. The molecule has 0 aliphatic carbocycles. The fraction of sp³-hybridized carbons (Fsp3) is 0.320. The molecule has 0 saturated carbocycles. The maximum absolute atomic E-state index is 15.0. The maximum Gasteiger partial charge on any atom is 0.414 e. The lowest BCUT2D eigenvalue weighted by molar-refractivity contribution is -0.126. The Morgan fingerprint density at radius 3 is 2.51 bits per heavy atom. The number of hydrogen-bond acceptors (Lipinski definition) is 6. The van der Waals surface area contributed by atoms with Crippen molar-refractivity contribution in [3.8, 4) is 5.75 Å². The van der Waals surface area contributed by atoms with E-state index >= 15 is 0 Å². The van der Waals surface area contributed by atoms with E-state index in [2.05, 4.69) is 5.32 Å². The van der Waals surface area contributed by atoms with Crippen LogP contribution in [0.3, 0.4) is 0 Å². The van der Waals surface area contributed by atoms with Crippen LogP contribution >= 0.6 is 0 Å². The first-order valence-electron chi connectivity index (χ1n) is 11.3. The van der Waals surface area contributed by atoms with Gasteiger partial charge in [-0.1, -0.05) is 12.1 Å². The van der Waals surface area contributed by atoms with Crippen LogP contribution in [-0.4, -0.2) is 73.3 Å². The summed E-state index contributed by atoms with van der Waals surface area (Å²) in [7, 11) is 0. The predicted molar refractivity (Wildman–Crippen MR) is 129 cm³/mol. The molecule has 2 aromatic rings. The maximum atomic E-state index is 15.0. The Morgan fingerprint density at radius 1 is 1.14 bits per heavy atom. The lowest BCUT2D eigenvalue weighted by Crippen LogP contribution is -2.48. The van der Waals surface area contributed by atoms with E-state index in [0.717, 1.165) is 5.56 Å². The van der Waals surface area contributed by atoms with Crippen molar-refractivity contribution in [3.05, 3.63) is 59.9 Å². The molecule has 0 unspecified atom stereocenters. The van der Waals surface area contributed by atoms with Gasteiger partial charge in [0.1, 0.15) is 17.7 Å². The van der Waals surface area contributed by atoms with E-state index in [1.54, 1.807) is 47.4 Å². The summed E-state index contributed by atoms with van der Waals surface area (Å²) in [6.07, 6.45) is 2.10. The Kier molecular flexibility index (Phi) is 7.19. The number of anilines is 2. The summed E-state index contributed by atoms with van der Waals surface area (Å²) >= 11 is 0. The highest BCUT2D eigenvalue weighted by molar-refractivity contribution is 5.92. The van der Waals surface area contributed by atoms with Gasteiger partial charge in [-0.05, 0) is 42.0 Å². The molecular formula is C25H27FN4O5. The zero-order valence-corrected chi connectivity index (χ0v) is 19.3. The second-order valence-electron chi connectivity index (χ2n) is 8.43. The number of halogens is 1.